The van der Waals surface area contributed by atoms with Gasteiger partial charge < -0.3 is 14.9 Å². The summed E-state index contributed by atoms with van der Waals surface area (Å²) in [4.78, 5) is 27.5. The first-order valence-corrected chi connectivity index (χ1v) is 7.72. The van der Waals surface area contributed by atoms with Gasteiger partial charge in [0.25, 0.3) is 0 Å². The van der Waals surface area contributed by atoms with Crippen molar-refractivity contribution in [2.45, 2.75) is 57.6 Å². The van der Waals surface area contributed by atoms with Crippen LogP contribution in [0.5, 0.6) is 0 Å². The van der Waals surface area contributed by atoms with Crippen molar-refractivity contribution in [1.82, 2.24) is 9.80 Å². The van der Waals surface area contributed by atoms with Crippen molar-refractivity contribution in [3.05, 3.63) is 0 Å². The lowest BCUT2D eigenvalue weighted by Crippen LogP contribution is -2.46. The summed E-state index contributed by atoms with van der Waals surface area (Å²) in [7, 11) is 1.70. The highest BCUT2D eigenvalue weighted by Crippen LogP contribution is 2.31. The SMILES string of the molecule is CC(=O)N(C)[C@@H]1CC[C@@H](C(=O)N2CCCCCC2)[C@@H]1O. The van der Waals surface area contributed by atoms with Crippen LogP contribution >= 0.6 is 0 Å². The molecule has 2 aliphatic rings. The van der Waals surface area contributed by atoms with E-state index in [0.29, 0.717) is 12.8 Å². The Kier molecular flexibility index (Phi) is 5.02. The van der Waals surface area contributed by atoms with Crippen LogP contribution in [0.1, 0.15) is 45.4 Å². The number of amides is 2. The fraction of sp³-hybridized carbons (Fsp3) is 0.867. The van der Waals surface area contributed by atoms with Crippen molar-refractivity contribution in [2.75, 3.05) is 20.1 Å². The van der Waals surface area contributed by atoms with Crippen molar-refractivity contribution in [1.29, 1.82) is 0 Å². The molecule has 0 spiro atoms. The molecule has 0 aromatic carbocycles. The van der Waals surface area contributed by atoms with Gasteiger partial charge in [0.15, 0.2) is 0 Å². The van der Waals surface area contributed by atoms with Crippen LogP contribution in [0.4, 0.5) is 0 Å². The summed E-state index contributed by atoms with van der Waals surface area (Å²) in [5.74, 6) is -0.310. The lowest BCUT2D eigenvalue weighted by atomic mass is 10.0. The first-order valence-electron chi connectivity index (χ1n) is 7.72. The van der Waals surface area contributed by atoms with Gasteiger partial charge in [-0.1, -0.05) is 12.8 Å². The summed E-state index contributed by atoms with van der Waals surface area (Å²) in [6, 6.07) is -0.214. The molecule has 1 saturated heterocycles. The Balaban J connectivity index is 1.99. The Morgan fingerprint density at radius 2 is 1.70 bits per heavy atom. The zero-order chi connectivity index (χ0) is 14.7. The molecule has 1 saturated carbocycles. The highest BCUT2D eigenvalue weighted by atomic mass is 16.3. The number of rotatable bonds is 2. The average Bonchev–Trinajstić information content (AvgIpc) is 2.65. The molecule has 1 aliphatic heterocycles. The van der Waals surface area contributed by atoms with Crippen LogP contribution in [0.2, 0.25) is 0 Å². The van der Waals surface area contributed by atoms with E-state index in [1.54, 1.807) is 11.9 Å². The molecule has 5 nitrogen and oxygen atoms in total. The molecule has 0 unspecified atom stereocenters. The normalized spacial score (nSPS) is 30.9. The summed E-state index contributed by atoms with van der Waals surface area (Å²) in [6.45, 7) is 3.13. The zero-order valence-corrected chi connectivity index (χ0v) is 12.5. The number of aliphatic hydroxyl groups excluding tert-OH is 1. The third-order valence-electron chi connectivity index (χ3n) is 4.81. The predicted molar refractivity (Wildman–Crippen MR) is 76.0 cm³/mol. The standard InChI is InChI=1S/C15H26N2O3/c1-11(18)16(2)13-8-7-12(14(13)19)15(20)17-9-5-3-4-6-10-17/h12-14,19H,3-10H2,1-2H3/t12-,13-,14+/m1/s1. The Labute approximate surface area is 120 Å². The van der Waals surface area contributed by atoms with Crippen LogP contribution in [0, 0.1) is 5.92 Å². The minimum absolute atomic E-state index is 0.0584. The van der Waals surface area contributed by atoms with Gasteiger partial charge in [-0.15, -0.1) is 0 Å². The van der Waals surface area contributed by atoms with E-state index in [0.717, 1.165) is 25.9 Å². The first kappa shape index (κ1) is 15.3. The Morgan fingerprint density at radius 3 is 2.25 bits per heavy atom. The number of likely N-dealkylation sites (N-methyl/N-ethyl adjacent to an activating group) is 1. The molecular formula is C15H26N2O3. The third kappa shape index (κ3) is 3.14. The van der Waals surface area contributed by atoms with E-state index >= 15 is 0 Å². The van der Waals surface area contributed by atoms with Crippen LogP contribution in [-0.2, 0) is 9.59 Å². The number of likely N-dealkylation sites (tertiary alicyclic amines) is 1. The molecule has 1 N–H and O–H groups in total. The maximum atomic E-state index is 12.6. The topological polar surface area (TPSA) is 60.9 Å². The molecule has 2 amide bonds. The summed E-state index contributed by atoms with van der Waals surface area (Å²) >= 11 is 0. The highest BCUT2D eigenvalue weighted by Gasteiger charge is 2.43. The first-order chi connectivity index (χ1) is 9.52. The molecule has 1 aliphatic carbocycles. The molecule has 0 bridgehead atoms. The fourth-order valence-electron chi connectivity index (χ4n) is 3.41. The molecule has 2 fully saturated rings. The zero-order valence-electron chi connectivity index (χ0n) is 12.5. The number of nitrogens with zero attached hydrogens (tertiary/aromatic N) is 2. The quantitative estimate of drug-likeness (QED) is 0.822. The second-order valence-electron chi connectivity index (χ2n) is 6.11. The molecule has 114 valence electrons. The monoisotopic (exact) mass is 282 g/mol. The van der Waals surface area contributed by atoms with Gasteiger partial charge >= 0.3 is 0 Å². The molecule has 1 heterocycles. The van der Waals surface area contributed by atoms with Crippen LogP contribution in [0.15, 0.2) is 0 Å². The van der Waals surface area contributed by atoms with Gasteiger partial charge in [-0.3, -0.25) is 9.59 Å². The molecular weight excluding hydrogens is 256 g/mol. The van der Waals surface area contributed by atoms with Crippen molar-refractivity contribution in [3.63, 3.8) is 0 Å². The van der Waals surface area contributed by atoms with Crippen LogP contribution in [-0.4, -0.2) is 59.0 Å². The minimum atomic E-state index is -0.723. The molecule has 0 radical (unpaired) electrons. The predicted octanol–water partition coefficient (Wildman–Crippen LogP) is 1.01. The van der Waals surface area contributed by atoms with Gasteiger partial charge in [0.2, 0.25) is 11.8 Å². The van der Waals surface area contributed by atoms with E-state index in [4.69, 9.17) is 0 Å². The van der Waals surface area contributed by atoms with Crippen molar-refractivity contribution >= 4 is 11.8 Å². The molecule has 0 aromatic heterocycles. The van der Waals surface area contributed by atoms with Crippen molar-refractivity contribution in [3.8, 4) is 0 Å². The Bertz CT molecular complexity index is 364. The largest absolute Gasteiger partial charge is 0.390 e. The van der Waals surface area contributed by atoms with Gasteiger partial charge in [0.05, 0.1) is 18.1 Å². The molecule has 20 heavy (non-hydrogen) atoms. The van der Waals surface area contributed by atoms with Crippen LogP contribution in [0.3, 0.4) is 0 Å². The van der Waals surface area contributed by atoms with E-state index in [2.05, 4.69) is 0 Å². The minimum Gasteiger partial charge on any atom is -0.390 e. The second-order valence-corrected chi connectivity index (χ2v) is 6.11. The lowest BCUT2D eigenvalue weighted by molar-refractivity contribution is -0.141. The summed E-state index contributed by atoms with van der Waals surface area (Å²) in [6.07, 6.45) is 5.16. The number of carbonyl (C=O) groups is 2. The molecule has 3 atom stereocenters. The van der Waals surface area contributed by atoms with E-state index in [1.165, 1.54) is 19.8 Å². The van der Waals surface area contributed by atoms with Gasteiger partial charge in [-0.25, -0.2) is 0 Å². The van der Waals surface area contributed by atoms with Gasteiger partial charge in [-0.2, -0.15) is 0 Å². The van der Waals surface area contributed by atoms with E-state index in [1.807, 2.05) is 4.90 Å². The number of hydrogen-bond donors (Lipinski definition) is 1. The molecule has 5 heteroatoms. The maximum Gasteiger partial charge on any atom is 0.228 e. The van der Waals surface area contributed by atoms with Crippen LogP contribution in [0.25, 0.3) is 0 Å². The second kappa shape index (κ2) is 6.57. The third-order valence-corrected chi connectivity index (χ3v) is 4.81. The average molecular weight is 282 g/mol. The Morgan fingerprint density at radius 1 is 1.10 bits per heavy atom. The lowest BCUT2D eigenvalue weighted by Gasteiger charge is -2.29. The van der Waals surface area contributed by atoms with E-state index < -0.39 is 6.10 Å². The fourth-order valence-corrected chi connectivity index (χ4v) is 3.41. The van der Waals surface area contributed by atoms with Gasteiger partial charge in [-0.05, 0) is 25.7 Å². The highest BCUT2D eigenvalue weighted by molar-refractivity contribution is 5.80. The Hall–Kier alpha value is -1.10. The maximum absolute atomic E-state index is 12.6. The summed E-state index contributed by atoms with van der Waals surface area (Å²) < 4.78 is 0. The smallest absolute Gasteiger partial charge is 0.228 e. The summed E-state index contributed by atoms with van der Waals surface area (Å²) in [5, 5.41) is 10.4. The van der Waals surface area contributed by atoms with Crippen molar-refractivity contribution in [2.24, 2.45) is 5.92 Å². The van der Waals surface area contributed by atoms with Gasteiger partial charge in [0.1, 0.15) is 0 Å². The number of carbonyl (C=O) groups excluding carboxylic acids is 2. The van der Waals surface area contributed by atoms with E-state index in [9.17, 15) is 14.7 Å². The number of hydrogen-bond acceptors (Lipinski definition) is 3. The summed E-state index contributed by atoms with van der Waals surface area (Å²) in [5.41, 5.74) is 0. The van der Waals surface area contributed by atoms with Gasteiger partial charge in [0, 0.05) is 27.1 Å². The van der Waals surface area contributed by atoms with Crippen LogP contribution < -0.4 is 0 Å². The van der Waals surface area contributed by atoms with E-state index in [-0.39, 0.29) is 23.8 Å². The number of aliphatic hydroxyl groups is 1. The molecule has 2 rings (SSSR count). The molecule has 0 aromatic rings. The van der Waals surface area contributed by atoms with Crippen molar-refractivity contribution < 1.29 is 14.7 Å².